The maximum Gasteiger partial charge on any atom is 0.191 e. The van der Waals surface area contributed by atoms with Crippen molar-refractivity contribution < 1.29 is 23.5 Å². The van der Waals surface area contributed by atoms with Gasteiger partial charge in [0.15, 0.2) is 17.9 Å². The van der Waals surface area contributed by atoms with Crippen molar-refractivity contribution in [2.45, 2.75) is 31.7 Å². The van der Waals surface area contributed by atoms with Crippen molar-refractivity contribution in [1.29, 1.82) is 0 Å². The van der Waals surface area contributed by atoms with Crippen molar-refractivity contribution in [1.82, 2.24) is 4.90 Å². The third kappa shape index (κ3) is 4.88. The van der Waals surface area contributed by atoms with E-state index in [2.05, 4.69) is 0 Å². The zero-order valence-electron chi connectivity index (χ0n) is 15.4. The third-order valence-electron chi connectivity index (χ3n) is 5.20. The van der Waals surface area contributed by atoms with Crippen LogP contribution in [0.15, 0.2) is 54.6 Å². The molecular formula is C22H23F2NO3. The Morgan fingerprint density at radius 2 is 1.61 bits per heavy atom. The van der Waals surface area contributed by atoms with Gasteiger partial charge >= 0.3 is 0 Å². The van der Waals surface area contributed by atoms with E-state index in [0.29, 0.717) is 37.1 Å². The zero-order valence-corrected chi connectivity index (χ0v) is 15.4. The smallest absolute Gasteiger partial charge is 0.191 e. The lowest BCUT2D eigenvalue weighted by molar-refractivity contribution is 0.0117. The topological polar surface area (TPSA) is 57.6 Å². The zero-order chi connectivity index (χ0) is 20.1. The first kappa shape index (κ1) is 20.3. The van der Waals surface area contributed by atoms with Crippen molar-refractivity contribution >= 4 is 11.6 Å². The van der Waals surface area contributed by atoms with E-state index in [1.165, 1.54) is 24.3 Å². The summed E-state index contributed by atoms with van der Waals surface area (Å²) >= 11 is 0. The van der Waals surface area contributed by atoms with Crippen LogP contribution in [0.4, 0.5) is 8.78 Å². The molecule has 0 aliphatic carbocycles. The molecule has 1 aliphatic rings. The molecule has 1 aliphatic heterocycles. The van der Waals surface area contributed by atoms with Crippen molar-refractivity contribution in [3.63, 3.8) is 0 Å². The normalized spacial score (nSPS) is 17.8. The van der Waals surface area contributed by atoms with Crippen LogP contribution in [-0.4, -0.2) is 47.1 Å². The monoisotopic (exact) mass is 387 g/mol. The predicted octanol–water partition coefficient (Wildman–Crippen LogP) is 3.65. The van der Waals surface area contributed by atoms with Gasteiger partial charge in [0.2, 0.25) is 0 Å². The number of carbonyl (C=O) groups is 2. The van der Waals surface area contributed by atoms with Crippen molar-refractivity contribution in [3.8, 4) is 0 Å². The van der Waals surface area contributed by atoms with Crippen LogP contribution >= 0.6 is 0 Å². The highest BCUT2D eigenvalue weighted by atomic mass is 19.1. The van der Waals surface area contributed by atoms with Crippen LogP contribution in [0, 0.1) is 11.7 Å². The molecular weight excluding hydrogens is 364 g/mol. The van der Waals surface area contributed by atoms with Gasteiger partial charge in [0, 0.05) is 36.6 Å². The number of carbonyl (C=O) groups excluding carboxylic acids is 2. The largest absolute Gasteiger partial charge is 0.385 e. The fourth-order valence-corrected chi connectivity index (χ4v) is 3.53. The molecule has 0 bridgehead atoms. The number of benzene rings is 2. The number of ketones is 2. The minimum absolute atomic E-state index is 0.0608. The number of aliphatic hydroxyl groups excluding tert-OH is 1. The first-order valence-electron chi connectivity index (χ1n) is 9.41. The molecule has 2 unspecified atom stereocenters. The molecule has 1 saturated heterocycles. The van der Waals surface area contributed by atoms with Crippen LogP contribution in [0.3, 0.4) is 0 Å². The Balaban J connectivity index is 1.50. The second kappa shape index (κ2) is 9.17. The van der Waals surface area contributed by atoms with Gasteiger partial charge in [-0.2, -0.15) is 0 Å². The van der Waals surface area contributed by atoms with Gasteiger partial charge in [-0.25, -0.2) is 8.78 Å². The maximum atomic E-state index is 14.6. The molecule has 0 radical (unpaired) electrons. The number of hydrogen-bond donors (Lipinski definition) is 1. The van der Waals surface area contributed by atoms with Crippen LogP contribution < -0.4 is 0 Å². The summed E-state index contributed by atoms with van der Waals surface area (Å²) in [4.78, 5) is 26.2. The summed E-state index contributed by atoms with van der Waals surface area (Å²) in [7, 11) is 0. The number of hydrogen-bond acceptors (Lipinski definition) is 4. The highest BCUT2D eigenvalue weighted by molar-refractivity contribution is 5.99. The van der Waals surface area contributed by atoms with Gasteiger partial charge in [-0.1, -0.05) is 30.3 Å². The summed E-state index contributed by atoms with van der Waals surface area (Å²) in [5.41, 5.74) is 0.811. The minimum Gasteiger partial charge on any atom is -0.385 e. The van der Waals surface area contributed by atoms with Crippen LogP contribution in [-0.2, 0) is 0 Å². The molecule has 1 fully saturated rings. The second-order valence-corrected chi connectivity index (χ2v) is 7.10. The molecule has 0 spiro atoms. The Kier molecular flexibility index (Phi) is 6.65. The molecule has 28 heavy (non-hydrogen) atoms. The number of nitrogens with zero attached hydrogens (tertiary/aromatic N) is 1. The van der Waals surface area contributed by atoms with Gasteiger partial charge in [0.1, 0.15) is 11.9 Å². The molecule has 1 N–H and O–H groups in total. The van der Waals surface area contributed by atoms with Crippen LogP contribution in [0.5, 0.6) is 0 Å². The Morgan fingerprint density at radius 1 is 1.00 bits per heavy atom. The number of halogens is 2. The third-order valence-corrected chi connectivity index (χ3v) is 5.20. The van der Waals surface area contributed by atoms with E-state index in [1.807, 2.05) is 0 Å². The molecule has 0 saturated carbocycles. The molecule has 2 atom stereocenters. The Labute approximate surface area is 162 Å². The first-order valence-corrected chi connectivity index (χ1v) is 9.41. The molecule has 2 aromatic rings. The average Bonchev–Trinajstić information content (AvgIpc) is 2.74. The maximum absolute atomic E-state index is 14.6. The van der Waals surface area contributed by atoms with Crippen molar-refractivity contribution in [2.75, 3.05) is 13.1 Å². The number of piperidine rings is 1. The summed E-state index contributed by atoms with van der Waals surface area (Å²) in [5, 5.41) is 10.1. The fraction of sp³-hybridized carbons (Fsp3) is 0.364. The van der Waals surface area contributed by atoms with Crippen LogP contribution in [0.25, 0.3) is 0 Å². The second-order valence-electron chi connectivity index (χ2n) is 7.10. The predicted molar refractivity (Wildman–Crippen MR) is 101 cm³/mol. The van der Waals surface area contributed by atoms with E-state index in [9.17, 15) is 23.5 Å². The quantitative estimate of drug-likeness (QED) is 0.582. The van der Waals surface area contributed by atoms with Gasteiger partial charge in [0.25, 0.3) is 0 Å². The van der Waals surface area contributed by atoms with E-state index in [4.69, 9.17) is 0 Å². The first-order chi connectivity index (χ1) is 13.5. The molecule has 3 rings (SSSR count). The van der Waals surface area contributed by atoms with Crippen molar-refractivity contribution in [2.24, 2.45) is 5.92 Å². The molecule has 2 aromatic carbocycles. The standard InChI is InChI=1S/C22H23F2NO3/c23-18-8-6-16(7-9-18)21(27)17-10-12-25(13-11-17)20(24)14-19(26)22(28)15-4-2-1-3-5-15/h1-9,17,19-20,26H,10-14H2. The molecule has 0 aromatic heterocycles. The van der Waals surface area contributed by atoms with Gasteiger partial charge in [-0.3, -0.25) is 14.5 Å². The van der Waals surface area contributed by atoms with E-state index >= 15 is 0 Å². The summed E-state index contributed by atoms with van der Waals surface area (Å²) in [6.07, 6.45) is -2.19. The average molecular weight is 387 g/mol. The lowest BCUT2D eigenvalue weighted by Crippen LogP contribution is -2.43. The highest BCUT2D eigenvalue weighted by Gasteiger charge is 2.31. The van der Waals surface area contributed by atoms with E-state index in [-0.39, 0.29) is 18.1 Å². The number of alkyl halides is 1. The summed E-state index contributed by atoms with van der Waals surface area (Å²) in [5.74, 6) is -1.18. The van der Waals surface area contributed by atoms with Crippen LogP contribution in [0.1, 0.15) is 40.0 Å². The number of rotatable bonds is 7. The molecule has 148 valence electrons. The summed E-state index contributed by atoms with van der Waals surface area (Å²) in [6, 6.07) is 13.8. The highest BCUT2D eigenvalue weighted by Crippen LogP contribution is 2.25. The van der Waals surface area contributed by atoms with E-state index < -0.39 is 24.0 Å². The molecule has 1 heterocycles. The lowest BCUT2D eigenvalue weighted by atomic mass is 9.88. The summed E-state index contributed by atoms with van der Waals surface area (Å²) < 4.78 is 27.6. The number of Topliss-reactive ketones (excluding diaryl/α,β-unsaturated/α-hetero) is 2. The molecule has 6 heteroatoms. The fourth-order valence-electron chi connectivity index (χ4n) is 3.53. The van der Waals surface area contributed by atoms with Gasteiger partial charge in [-0.15, -0.1) is 0 Å². The Bertz CT molecular complexity index is 802. The SMILES string of the molecule is O=C(c1ccccc1)C(O)CC(F)N1CCC(C(=O)c2ccc(F)cc2)CC1. The van der Waals surface area contributed by atoms with E-state index in [0.717, 1.165) is 0 Å². The van der Waals surface area contributed by atoms with Gasteiger partial charge < -0.3 is 5.11 Å². The van der Waals surface area contributed by atoms with Crippen molar-refractivity contribution in [3.05, 3.63) is 71.5 Å². The Hall–Kier alpha value is -2.44. The number of aliphatic hydroxyl groups is 1. The van der Waals surface area contributed by atoms with E-state index in [1.54, 1.807) is 35.2 Å². The van der Waals surface area contributed by atoms with Gasteiger partial charge in [0.05, 0.1) is 0 Å². The summed E-state index contributed by atoms with van der Waals surface area (Å²) in [6.45, 7) is 0.732. The molecule has 4 nitrogen and oxygen atoms in total. The molecule has 0 amide bonds. The minimum atomic E-state index is -1.45. The lowest BCUT2D eigenvalue weighted by Gasteiger charge is -2.34. The van der Waals surface area contributed by atoms with Crippen LogP contribution in [0.2, 0.25) is 0 Å². The number of likely N-dealkylation sites (tertiary alicyclic amines) is 1. The van der Waals surface area contributed by atoms with Gasteiger partial charge in [-0.05, 0) is 37.1 Å². The Morgan fingerprint density at radius 3 is 2.21 bits per heavy atom.